The third-order valence-corrected chi connectivity index (χ3v) is 3.18. The van der Waals surface area contributed by atoms with Crippen molar-refractivity contribution in [1.82, 2.24) is 9.97 Å². The molecule has 84 valence electrons. The Hall–Kier alpha value is -1.13. The van der Waals surface area contributed by atoms with Crippen LogP contribution in [0.2, 0.25) is 5.15 Å². The van der Waals surface area contributed by atoms with Gasteiger partial charge in [-0.3, -0.25) is 0 Å². The van der Waals surface area contributed by atoms with E-state index in [2.05, 4.69) is 29.1 Å². The quantitative estimate of drug-likeness (QED) is 0.839. The third-order valence-electron chi connectivity index (χ3n) is 2.20. The summed E-state index contributed by atoms with van der Waals surface area (Å²) in [6, 6.07) is 2.00. The minimum absolute atomic E-state index is 0.287. The van der Waals surface area contributed by atoms with Crippen molar-refractivity contribution >= 4 is 34.4 Å². The van der Waals surface area contributed by atoms with E-state index in [0.717, 1.165) is 17.1 Å². The van der Waals surface area contributed by atoms with Crippen LogP contribution in [0.3, 0.4) is 0 Å². The molecule has 0 aliphatic rings. The third kappa shape index (κ3) is 2.33. The molecule has 1 N–H and O–H groups in total. The second-order valence-corrected chi connectivity index (χ2v) is 4.86. The van der Waals surface area contributed by atoms with Gasteiger partial charge in [0, 0.05) is 10.9 Å². The van der Waals surface area contributed by atoms with Crippen LogP contribution in [0.15, 0.2) is 23.2 Å². The lowest BCUT2D eigenvalue weighted by Crippen LogP contribution is -2.02. The molecule has 0 aliphatic heterocycles. The summed E-state index contributed by atoms with van der Waals surface area (Å²) in [6.07, 6.45) is 1.48. The number of nitrogens with zero attached hydrogens (tertiary/aromatic N) is 2. The summed E-state index contributed by atoms with van der Waals surface area (Å²) in [7, 11) is 0. The van der Waals surface area contributed by atoms with E-state index in [9.17, 15) is 0 Å². The highest BCUT2D eigenvalue weighted by molar-refractivity contribution is 7.08. The highest BCUT2D eigenvalue weighted by atomic mass is 35.5. The first-order valence-corrected chi connectivity index (χ1v) is 6.30. The predicted octanol–water partition coefficient (Wildman–Crippen LogP) is 4.06. The lowest BCUT2D eigenvalue weighted by Gasteiger charge is -2.13. The Labute approximate surface area is 104 Å². The van der Waals surface area contributed by atoms with E-state index in [-0.39, 0.29) is 5.92 Å². The maximum Gasteiger partial charge on any atom is 0.138 e. The molecular formula is C11H12ClN3S. The van der Waals surface area contributed by atoms with Gasteiger partial charge in [-0.1, -0.05) is 25.4 Å². The van der Waals surface area contributed by atoms with Crippen LogP contribution < -0.4 is 5.32 Å². The molecule has 0 aromatic carbocycles. The minimum atomic E-state index is 0.287. The molecule has 2 heterocycles. The Morgan fingerprint density at radius 3 is 2.81 bits per heavy atom. The van der Waals surface area contributed by atoms with Crippen molar-refractivity contribution in [2.24, 2.45) is 0 Å². The molecule has 0 bridgehead atoms. The molecule has 0 spiro atoms. The summed E-state index contributed by atoms with van der Waals surface area (Å²) >= 11 is 7.71. The van der Waals surface area contributed by atoms with E-state index in [1.54, 1.807) is 11.3 Å². The second kappa shape index (κ2) is 4.80. The summed E-state index contributed by atoms with van der Waals surface area (Å²) in [6.45, 7) is 4.15. The van der Waals surface area contributed by atoms with Gasteiger partial charge in [-0.25, -0.2) is 9.97 Å². The SMILES string of the molecule is CC(C)c1c(Cl)ncnc1Nc1ccsc1. The molecule has 0 atom stereocenters. The van der Waals surface area contributed by atoms with Crippen LogP contribution >= 0.6 is 22.9 Å². The molecule has 0 fully saturated rings. The Morgan fingerprint density at radius 2 is 2.19 bits per heavy atom. The molecule has 3 nitrogen and oxygen atoms in total. The Morgan fingerprint density at radius 1 is 1.38 bits per heavy atom. The molecule has 2 aromatic rings. The topological polar surface area (TPSA) is 37.8 Å². The fourth-order valence-electron chi connectivity index (χ4n) is 1.46. The standard InChI is InChI=1S/C11H12ClN3S/c1-7(2)9-10(12)13-6-14-11(9)15-8-3-4-16-5-8/h3-7H,1-2H3,(H,13,14,15). The Bertz CT molecular complexity index is 468. The van der Waals surface area contributed by atoms with Crippen LogP contribution in [-0.2, 0) is 0 Å². The highest BCUT2D eigenvalue weighted by Crippen LogP contribution is 2.30. The lowest BCUT2D eigenvalue weighted by molar-refractivity contribution is 0.850. The van der Waals surface area contributed by atoms with E-state index in [4.69, 9.17) is 11.6 Å². The Kier molecular flexibility index (Phi) is 3.41. The number of anilines is 2. The summed E-state index contributed by atoms with van der Waals surface area (Å²) in [5.41, 5.74) is 1.98. The van der Waals surface area contributed by atoms with Crippen molar-refractivity contribution in [2.45, 2.75) is 19.8 Å². The number of nitrogens with one attached hydrogen (secondary N) is 1. The summed E-state index contributed by atoms with van der Waals surface area (Å²) < 4.78 is 0. The molecule has 2 rings (SSSR count). The summed E-state index contributed by atoms with van der Waals surface area (Å²) in [5, 5.41) is 7.81. The Balaban J connectivity index is 2.37. The predicted molar refractivity (Wildman–Crippen MR) is 68.7 cm³/mol. The van der Waals surface area contributed by atoms with Gasteiger partial charge in [0.1, 0.15) is 17.3 Å². The van der Waals surface area contributed by atoms with Crippen LogP contribution in [0.5, 0.6) is 0 Å². The molecular weight excluding hydrogens is 242 g/mol. The van der Waals surface area contributed by atoms with E-state index < -0.39 is 0 Å². The summed E-state index contributed by atoms with van der Waals surface area (Å²) in [5.74, 6) is 1.07. The normalized spacial score (nSPS) is 10.8. The van der Waals surface area contributed by atoms with E-state index in [1.165, 1.54) is 6.33 Å². The molecule has 16 heavy (non-hydrogen) atoms. The molecule has 0 radical (unpaired) electrons. The molecule has 0 amide bonds. The maximum absolute atomic E-state index is 6.08. The van der Waals surface area contributed by atoms with Crippen LogP contribution in [0, 0.1) is 0 Å². The average Bonchev–Trinajstić information content (AvgIpc) is 2.70. The molecule has 5 heteroatoms. The van der Waals surface area contributed by atoms with Gasteiger partial charge in [-0.05, 0) is 17.4 Å². The fourth-order valence-corrected chi connectivity index (χ4v) is 2.40. The zero-order chi connectivity index (χ0) is 11.5. The van der Waals surface area contributed by atoms with E-state index in [1.807, 2.05) is 16.8 Å². The summed E-state index contributed by atoms with van der Waals surface area (Å²) in [4.78, 5) is 8.24. The highest BCUT2D eigenvalue weighted by Gasteiger charge is 2.13. The average molecular weight is 254 g/mol. The molecule has 0 unspecified atom stereocenters. The van der Waals surface area contributed by atoms with Gasteiger partial charge in [0.25, 0.3) is 0 Å². The van der Waals surface area contributed by atoms with Crippen molar-refractivity contribution in [1.29, 1.82) is 0 Å². The van der Waals surface area contributed by atoms with Gasteiger partial charge in [-0.2, -0.15) is 11.3 Å². The smallest absolute Gasteiger partial charge is 0.138 e. The number of halogens is 1. The van der Waals surface area contributed by atoms with Crippen LogP contribution in [0.1, 0.15) is 25.3 Å². The van der Waals surface area contributed by atoms with Crippen LogP contribution in [0.25, 0.3) is 0 Å². The van der Waals surface area contributed by atoms with Crippen molar-refractivity contribution in [3.63, 3.8) is 0 Å². The zero-order valence-electron chi connectivity index (χ0n) is 9.07. The first kappa shape index (κ1) is 11.4. The first-order chi connectivity index (χ1) is 7.68. The van der Waals surface area contributed by atoms with E-state index >= 15 is 0 Å². The maximum atomic E-state index is 6.08. The van der Waals surface area contributed by atoms with Crippen molar-refractivity contribution in [2.75, 3.05) is 5.32 Å². The zero-order valence-corrected chi connectivity index (χ0v) is 10.6. The largest absolute Gasteiger partial charge is 0.339 e. The van der Waals surface area contributed by atoms with Gasteiger partial charge in [0.2, 0.25) is 0 Å². The van der Waals surface area contributed by atoms with Crippen molar-refractivity contribution < 1.29 is 0 Å². The molecule has 0 saturated heterocycles. The monoisotopic (exact) mass is 253 g/mol. The van der Waals surface area contributed by atoms with Crippen molar-refractivity contribution in [3.05, 3.63) is 33.9 Å². The van der Waals surface area contributed by atoms with Gasteiger partial charge in [0.05, 0.1) is 5.69 Å². The number of thiophene rings is 1. The number of rotatable bonds is 3. The van der Waals surface area contributed by atoms with Gasteiger partial charge in [0.15, 0.2) is 0 Å². The van der Waals surface area contributed by atoms with Crippen LogP contribution in [0.4, 0.5) is 11.5 Å². The number of hydrogen-bond donors (Lipinski definition) is 1. The lowest BCUT2D eigenvalue weighted by atomic mass is 10.1. The second-order valence-electron chi connectivity index (χ2n) is 3.72. The number of hydrogen-bond acceptors (Lipinski definition) is 4. The van der Waals surface area contributed by atoms with Crippen LogP contribution in [-0.4, -0.2) is 9.97 Å². The van der Waals surface area contributed by atoms with Crippen molar-refractivity contribution in [3.8, 4) is 0 Å². The molecule has 2 aromatic heterocycles. The number of aromatic nitrogens is 2. The van der Waals surface area contributed by atoms with Gasteiger partial charge < -0.3 is 5.32 Å². The minimum Gasteiger partial charge on any atom is -0.339 e. The first-order valence-electron chi connectivity index (χ1n) is 4.98. The molecule has 0 saturated carbocycles. The van der Waals surface area contributed by atoms with Gasteiger partial charge >= 0.3 is 0 Å². The fraction of sp³-hybridized carbons (Fsp3) is 0.273. The molecule has 0 aliphatic carbocycles. The van der Waals surface area contributed by atoms with Gasteiger partial charge in [-0.15, -0.1) is 0 Å². The van der Waals surface area contributed by atoms with E-state index in [0.29, 0.717) is 5.15 Å².